The van der Waals surface area contributed by atoms with E-state index >= 15 is 0 Å². The molecular formula is C14H19BrClNO. The molecule has 1 N–H and O–H groups in total. The van der Waals surface area contributed by atoms with Crippen LogP contribution in [0.2, 0.25) is 5.02 Å². The first kappa shape index (κ1) is 14.3. The number of nitrogens with one attached hydrogen (secondary N) is 1. The number of methoxy groups -OCH3 is 1. The highest BCUT2D eigenvalue weighted by Gasteiger charge is 2.48. The van der Waals surface area contributed by atoms with Gasteiger partial charge in [0.2, 0.25) is 0 Å². The van der Waals surface area contributed by atoms with Gasteiger partial charge in [-0.15, -0.1) is 0 Å². The topological polar surface area (TPSA) is 21.3 Å². The maximum atomic E-state index is 6.21. The Morgan fingerprint density at radius 1 is 1.50 bits per heavy atom. The Balaban J connectivity index is 1.93. The molecule has 0 aliphatic heterocycles. The van der Waals surface area contributed by atoms with E-state index in [4.69, 9.17) is 16.3 Å². The molecule has 1 aliphatic carbocycles. The number of hydrogen-bond acceptors (Lipinski definition) is 2. The van der Waals surface area contributed by atoms with Crippen LogP contribution in [0.1, 0.15) is 25.8 Å². The summed E-state index contributed by atoms with van der Waals surface area (Å²) in [5.74, 6) is 0. The average molecular weight is 333 g/mol. The Hall–Kier alpha value is -0.0900. The molecule has 1 fully saturated rings. The van der Waals surface area contributed by atoms with E-state index in [1.807, 2.05) is 12.1 Å². The van der Waals surface area contributed by atoms with Crippen molar-refractivity contribution in [1.29, 1.82) is 0 Å². The summed E-state index contributed by atoms with van der Waals surface area (Å²) >= 11 is 9.62. The van der Waals surface area contributed by atoms with Gasteiger partial charge in [0.05, 0.1) is 6.10 Å². The molecule has 0 spiro atoms. The lowest BCUT2D eigenvalue weighted by Gasteiger charge is -2.51. The van der Waals surface area contributed by atoms with E-state index in [0.29, 0.717) is 12.1 Å². The van der Waals surface area contributed by atoms with Crippen molar-refractivity contribution in [1.82, 2.24) is 5.32 Å². The molecule has 0 aromatic heterocycles. The highest BCUT2D eigenvalue weighted by atomic mass is 79.9. The van der Waals surface area contributed by atoms with Crippen LogP contribution in [0.25, 0.3) is 0 Å². The van der Waals surface area contributed by atoms with Gasteiger partial charge in [0.15, 0.2) is 0 Å². The summed E-state index contributed by atoms with van der Waals surface area (Å²) in [6, 6.07) is 6.50. The van der Waals surface area contributed by atoms with E-state index < -0.39 is 0 Å². The minimum absolute atomic E-state index is 0.191. The van der Waals surface area contributed by atoms with Crippen LogP contribution >= 0.6 is 27.5 Å². The Kier molecular flexibility index (Phi) is 4.37. The van der Waals surface area contributed by atoms with E-state index in [2.05, 4.69) is 41.2 Å². The number of benzene rings is 1. The smallest absolute Gasteiger partial charge is 0.0652 e. The molecule has 0 radical (unpaired) electrons. The Labute approximate surface area is 122 Å². The fraction of sp³-hybridized carbons (Fsp3) is 0.571. The molecule has 0 bridgehead atoms. The van der Waals surface area contributed by atoms with E-state index in [-0.39, 0.29) is 5.41 Å². The first-order valence-electron chi connectivity index (χ1n) is 6.15. The summed E-state index contributed by atoms with van der Waals surface area (Å²) in [6.07, 6.45) is 1.42. The van der Waals surface area contributed by atoms with Crippen LogP contribution in [0.3, 0.4) is 0 Å². The fourth-order valence-electron chi connectivity index (χ4n) is 2.53. The third kappa shape index (κ3) is 2.74. The molecule has 2 unspecified atom stereocenters. The molecule has 2 rings (SSSR count). The van der Waals surface area contributed by atoms with Crippen molar-refractivity contribution in [2.24, 2.45) is 5.41 Å². The summed E-state index contributed by atoms with van der Waals surface area (Å²) in [5.41, 5.74) is 1.33. The molecule has 100 valence electrons. The van der Waals surface area contributed by atoms with Gasteiger partial charge in [0, 0.05) is 34.6 Å². The van der Waals surface area contributed by atoms with Crippen molar-refractivity contribution >= 4 is 27.5 Å². The van der Waals surface area contributed by atoms with Crippen LogP contribution in [0.4, 0.5) is 0 Å². The second-order valence-electron chi connectivity index (χ2n) is 5.45. The van der Waals surface area contributed by atoms with E-state index in [1.54, 1.807) is 7.11 Å². The van der Waals surface area contributed by atoms with Gasteiger partial charge in [0.1, 0.15) is 0 Å². The van der Waals surface area contributed by atoms with Crippen molar-refractivity contribution in [3.05, 3.63) is 33.3 Å². The minimum Gasteiger partial charge on any atom is -0.381 e. The zero-order valence-electron chi connectivity index (χ0n) is 11.0. The molecule has 4 heteroatoms. The lowest BCUT2D eigenvalue weighted by Crippen LogP contribution is -2.60. The number of halogens is 2. The first-order valence-corrected chi connectivity index (χ1v) is 7.32. The van der Waals surface area contributed by atoms with Crippen LogP contribution in [0, 0.1) is 5.41 Å². The van der Waals surface area contributed by atoms with E-state index in [9.17, 15) is 0 Å². The SMILES string of the molecule is COC1CC(NCc2ccc(Br)cc2Cl)C1(C)C. The Morgan fingerprint density at radius 2 is 2.22 bits per heavy atom. The van der Waals surface area contributed by atoms with Gasteiger partial charge in [-0.3, -0.25) is 0 Å². The predicted octanol–water partition coefficient (Wildman–Crippen LogP) is 4.01. The van der Waals surface area contributed by atoms with E-state index in [0.717, 1.165) is 28.0 Å². The normalized spacial score (nSPS) is 25.8. The molecule has 2 nitrogen and oxygen atoms in total. The van der Waals surface area contributed by atoms with E-state index in [1.165, 1.54) is 0 Å². The van der Waals surface area contributed by atoms with Gasteiger partial charge in [-0.1, -0.05) is 47.4 Å². The number of hydrogen-bond donors (Lipinski definition) is 1. The third-order valence-corrected chi connectivity index (χ3v) is 4.86. The first-order chi connectivity index (χ1) is 8.45. The average Bonchev–Trinajstić information content (AvgIpc) is 2.30. The summed E-state index contributed by atoms with van der Waals surface area (Å²) in [4.78, 5) is 0. The van der Waals surface area contributed by atoms with Gasteiger partial charge in [-0.05, 0) is 24.1 Å². The second-order valence-corrected chi connectivity index (χ2v) is 6.77. The summed E-state index contributed by atoms with van der Waals surface area (Å²) in [5, 5.41) is 4.37. The molecule has 2 atom stereocenters. The van der Waals surface area contributed by atoms with Gasteiger partial charge < -0.3 is 10.1 Å². The molecule has 18 heavy (non-hydrogen) atoms. The van der Waals surface area contributed by atoms with Crippen molar-refractivity contribution in [3.63, 3.8) is 0 Å². The van der Waals surface area contributed by atoms with Crippen LogP contribution in [0.5, 0.6) is 0 Å². The summed E-state index contributed by atoms with van der Waals surface area (Å²) in [7, 11) is 1.79. The zero-order chi connectivity index (χ0) is 13.3. The monoisotopic (exact) mass is 331 g/mol. The fourth-order valence-corrected chi connectivity index (χ4v) is 3.27. The largest absolute Gasteiger partial charge is 0.381 e. The van der Waals surface area contributed by atoms with Crippen LogP contribution in [-0.4, -0.2) is 19.3 Å². The Morgan fingerprint density at radius 3 is 2.78 bits per heavy atom. The van der Waals surface area contributed by atoms with Crippen molar-refractivity contribution < 1.29 is 4.74 Å². The van der Waals surface area contributed by atoms with Crippen LogP contribution < -0.4 is 5.32 Å². The highest BCUT2D eigenvalue weighted by Crippen LogP contribution is 2.42. The zero-order valence-corrected chi connectivity index (χ0v) is 13.3. The Bertz CT molecular complexity index is 436. The molecule has 1 aromatic carbocycles. The molecule has 0 heterocycles. The second kappa shape index (κ2) is 5.49. The molecule has 1 saturated carbocycles. The van der Waals surface area contributed by atoms with Gasteiger partial charge in [-0.25, -0.2) is 0 Å². The van der Waals surface area contributed by atoms with Gasteiger partial charge >= 0.3 is 0 Å². The lowest BCUT2D eigenvalue weighted by atomic mass is 9.64. The molecule has 1 aromatic rings. The molecule has 1 aliphatic rings. The van der Waals surface area contributed by atoms with Crippen LogP contribution in [0.15, 0.2) is 22.7 Å². The van der Waals surface area contributed by atoms with Gasteiger partial charge in [-0.2, -0.15) is 0 Å². The highest BCUT2D eigenvalue weighted by molar-refractivity contribution is 9.10. The standard InChI is InChI=1S/C14H19BrClNO/c1-14(2)12(7-13(14)18-3)17-8-9-4-5-10(15)6-11(9)16/h4-6,12-13,17H,7-8H2,1-3H3. The van der Waals surface area contributed by atoms with Crippen molar-refractivity contribution in [3.8, 4) is 0 Å². The maximum absolute atomic E-state index is 6.21. The van der Waals surface area contributed by atoms with Gasteiger partial charge in [0.25, 0.3) is 0 Å². The minimum atomic E-state index is 0.191. The quantitative estimate of drug-likeness (QED) is 0.899. The van der Waals surface area contributed by atoms with Crippen molar-refractivity contribution in [2.75, 3.05) is 7.11 Å². The molecule has 0 saturated heterocycles. The summed E-state index contributed by atoms with van der Waals surface area (Å²) < 4.78 is 6.46. The third-order valence-electron chi connectivity index (χ3n) is 4.02. The molecule has 0 amide bonds. The molecular weight excluding hydrogens is 314 g/mol. The predicted molar refractivity (Wildman–Crippen MR) is 79.0 cm³/mol. The van der Waals surface area contributed by atoms with Crippen LogP contribution in [-0.2, 0) is 11.3 Å². The lowest BCUT2D eigenvalue weighted by molar-refractivity contribution is -0.0979. The number of rotatable bonds is 4. The maximum Gasteiger partial charge on any atom is 0.0652 e. The van der Waals surface area contributed by atoms with Crippen molar-refractivity contribution in [2.45, 2.75) is 39.0 Å². The summed E-state index contributed by atoms with van der Waals surface area (Å²) in [6.45, 7) is 5.29. The number of ether oxygens (including phenoxy) is 1.